The van der Waals surface area contributed by atoms with Gasteiger partial charge >= 0.3 is 6.09 Å². The van der Waals surface area contributed by atoms with Gasteiger partial charge in [-0.15, -0.1) is 0 Å². The van der Waals surface area contributed by atoms with E-state index in [0.29, 0.717) is 31.3 Å². The first-order valence-corrected chi connectivity index (χ1v) is 11.4. The summed E-state index contributed by atoms with van der Waals surface area (Å²) in [5, 5.41) is 7.40. The first kappa shape index (κ1) is 24.9. The number of likely N-dealkylation sites (tertiary alicyclic amines) is 1. The molecule has 1 aromatic heterocycles. The minimum absolute atomic E-state index is 0.225. The van der Waals surface area contributed by atoms with E-state index in [2.05, 4.69) is 25.3 Å². The highest BCUT2D eigenvalue weighted by molar-refractivity contribution is 5.79. The largest absolute Gasteiger partial charge is 0.444 e. The van der Waals surface area contributed by atoms with E-state index in [0.717, 1.165) is 44.3 Å². The summed E-state index contributed by atoms with van der Waals surface area (Å²) < 4.78 is 10.8. The smallest absolute Gasteiger partial charge is 0.410 e. The molecule has 0 unspecified atom stereocenters. The normalized spacial score (nSPS) is 16.0. The molecular weight excluding hydrogens is 396 g/mol. The van der Waals surface area contributed by atoms with Crippen LogP contribution in [0, 0.1) is 5.92 Å². The van der Waals surface area contributed by atoms with Crippen molar-refractivity contribution in [3.8, 4) is 0 Å². The van der Waals surface area contributed by atoms with Crippen LogP contribution in [0.2, 0.25) is 0 Å². The topological polar surface area (TPSA) is 96.1 Å². The number of nitrogens with one attached hydrogen (secondary N) is 1. The van der Waals surface area contributed by atoms with Crippen LogP contribution in [0.5, 0.6) is 0 Å². The maximum atomic E-state index is 12.4. The van der Waals surface area contributed by atoms with Crippen LogP contribution in [0.4, 0.5) is 4.79 Å². The standard InChI is InChI=1S/C22H40N6O3/c1-8-27(21(29)30-22(4,5)6)15-17-10-13-28(14-11-17)20(23-7)24-12-9-18-25-19(16(2)3)26-31-18/h16-17H,8-15H2,1-7H3,(H,23,24). The minimum atomic E-state index is -0.469. The number of carbonyl (C=O) groups excluding carboxylic acids is 1. The number of carbonyl (C=O) groups is 1. The van der Waals surface area contributed by atoms with E-state index in [1.165, 1.54) is 0 Å². The van der Waals surface area contributed by atoms with Crippen LogP contribution >= 0.6 is 0 Å². The number of aliphatic imine (C=N–C) groups is 1. The van der Waals surface area contributed by atoms with Crippen molar-refractivity contribution in [1.29, 1.82) is 0 Å². The fraction of sp³-hybridized carbons (Fsp3) is 0.818. The Kier molecular flexibility index (Phi) is 9.13. The first-order chi connectivity index (χ1) is 14.6. The molecule has 2 rings (SSSR count). The van der Waals surface area contributed by atoms with Gasteiger partial charge in [-0.2, -0.15) is 4.98 Å². The third-order valence-corrected chi connectivity index (χ3v) is 5.26. The Bertz CT molecular complexity index is 717. The predicted molar refractivity (Wildman–Crippen MR) is 121 cm³/mol. The average molecular weight is 437 g/mol. The van der Waals surface area contributed by atoms with Crippen molar-refractivity contribution in [2.75, 3.05) is 39.8 Å². The van der Waals surface area contributed by atoms with Crippen molar-refractivity contribution in [3.63, 3.8) is 0 Å². The van der Waals surface area contributed by atoms with Crippen molar-refractivity contribution >= 4 is 12.1 Å². The molecule has 9 nitrogen and oxygen atoms in total. The number of hydrogen-bond acceptors (Lipinski definition) is 6. The molecule has 2 heterocycles. The van der Waals surface area contributed by atoms with Crippen molar-refractivity contribution < 1.29 is 14.1 Å². The van der Waals surface area contributed by atoms with Crippen LogP contribution in [0.15, 0.2) is 9.52 Å². The van der Waals surface area contributed by atoms with Crippen molar-refractivity contribution in [2.45, 2.75) is 72.3 Å². The fourth-order valence-electron chi connectivity index (χ4n) is 3.52. The van der Waals surface area contributed by atoms with E-state index < -0.39 is 5.60 Å². The maximum absolute atomic E-state index is 12.4. The summed E-state index contributed by atoms with van der Waals surface area (Å²) >= 11 is 0. The van der Waals surface area contributed by atoms with Crippen LogP contribution in [0.3, 0.4) is 0 Å². The molecule has 0 bridgehead atoms. The van der Waals surface area contributed by atoms with Gasteiger partial charge in [0.15, 0.2) is 11.8 Å². The number of aromatic nitrogens is 2. The molecule has 0 atom stereocenters. The molecule has 0 radical (unpaired) electrons. The highest BCUT2D eigenvalue weighted by Gasteiger charge is 2.27. The van der Waals surface area contributed by atoms with Crippen LogP contribution in [-0.4, -0.2) is 77.4 Å². The van der Waals surface area contributed by atoms with E-state index >= 15 is 0 Å². The Balaban J connectivity index is 1.77. The van der Waals surface area contributed by atoms with Crippen LogP contribution in [0.25, 0.3) is 0 Å². The van der Waals surface area contributed by atoms with E-state index in [1.54, 1.807) is 7.05 Å². The van der Waals surface area contributed by atoms with E-state index in [-0.39, 0.29) is 12.0 Å². The first-order valence-electron chi connectivity index (χ1n) is 11.4. The SMILES string of the molecule is CCN(CC1CCN(C(=NC)NCCc2nc(C(C)C)no2)CC1)C(=O)OC(C)(C)C. The zero-order valence-corrected chi connectivity index (χ0v) is 20.3. The molecule has 0 aromatic carbocycles. The number of rotatable bonds is 7. The van der Waals surface area contributed by atoms with Gasteiger partial charge in [-0.05, 0) is 46.5 Å². The molecule has 1 fully saturated rings. The number of ether oxygens (including phenoxy) is 1. The Hall–Kier alpha value is -2.32. The van der Waals surface area contributed by atoms with Gasteiger partial charge < -0.3 is 24.4 Å². The fourth-order valence-corrected chi connectivity index (χ4v) is 3.52. The molecule has 1 aliphatic rings. The lowest BCUT2D eigenvalue weighted by Gasteiger charge is -2.36. The average Bonchev–Trinajstić information content (AvgIpc) is 3.18. The molecule has 1 amide bonds. The number of piperidine rings is 1. The van der Waals surface area contributed by atoms with E-state index in [4.69, 9.17) is 9.26 Å². The summed E-state index contributed by atoms with van der Waals surface area (Å²) in [4.78, 5) is 25.3. The summed E-state index contributed by atoms with van der Waals surface area (Å²) in [7, 11) is 1.80. The second-order valence-corrected chi connectivity index (χ2v) is 9.37. The monoisotopic (exact) mass is 436 g/mol. The Morgan fingerprint density at radius 3 is 2.55 bits per heavy atom. The molecule has 1 aromatic rings. The lowest BCUT2D eigenvalue weighted by Crippen LogP contribution is -2.48. The van der Waals surface area contributed by atoms with Gasteiger partial charge in [-0.1, -0.05) is 19.0 Å². The van der Waals surface area contributed by atoms with Gasteiger partial charge in [-0.25, -0.2) is 4.79 Å². The summed E-state index contributed by atoms with van der Waals surface area (Å²) in [5.41, 5.74) is -0.469. The zero-order valence-electron chi connectivity index (χ0n) is 20.3. The number of nitrogens with zero attached hydrogens (tertiary/aromatic N) is 5. The Morgan fingerprint density at radius 1 is 1.35 bits per heavy atom. The van der Waals surface area contributed by atoms with Crippen LogP contribution in [-0.2, 0) is 11.2 Å². The summed E-state index contributed by atoms with van der Waals surface area (Å²) in [5.74, 6) is 3.01. The van der Waals surface area contributed by atoms with Gasteiger partial charge in [0, 0.05) is 52.1 Å². The van der Waals surface area contributed by atoms with Gasteiger partial charge in [0.25, 0.3) is 0 Å². The zero-order chi connectivity index (χ0) is 23.0. The molecule has 176 valence electrons. The van der Waals surface area contributed by atoms with Gasteiger partial charge in [0.2, 0.25) is 5.89 Å². The third-order valence-electron chi connectivity index (χ3n) is 5.26. The molecule has 1 N–H and O–H groups in total. The second-order valence-electron chi connectivity index (χ2n) is 9.37. The van der Waals surface area contributed by atoms with Gasteiger partial charge in [0.1, 0.15) is 5.60 Å². The van der Waals surface area contributed by atoms with E-state index in [9.17, 15) is 4.79 Å². The number of guanidine groups is 1. The molecule has 0 aliphatic carbocycles. The quantitative estimate of drug-likeness (QED) is 0.517. The lowest BCUT2D eigenvalue weighted by molar-refractivity contribution is 0.0214. The molecule has 31 heavy (non-hydrogen) atoms. The third kappa shape index (κ3) is 8.03. The van der Waals surface area contributed by atoms with Gasteiger partial charge in [0.05, 0.1) is 0 Å². The van der Waals surface area contributed by atoms with Crippen molar-refractivity contribution in [2.24, 2.45) is 10.9 Å². The molecule has 0 saturated carbocycles. The minimum Gasteiger partial charge on any atom is -0.444 e. The molecule has 9 heteroatoms. The Labute approximate surface area is 186 Å². The van der Waals surface area contributed by atoms with Crippen LogP contribution < -0.4 is 5.32 Å². The van der Waals surface area contributed by atoms with Gasteiger partial charge in [-0.3, -0.25) is 4.99 Å². The number of hydrogen-bond donors (Lipinski definition) is 1. The Morgan fingerprint density at radius 2 is 2.03 bits per heavy atom. The maximum Gasteiger partial charge on any atom is 0.410 e. The summed E-state index contributed by atoms with van der Waals surface area (Å²) in [6, 6.07) is 0. The summed E-state index contributed by atoms with van der Waals surface area (Å²) in [6.07, 6.45) is 2.47. The van der Waals surface area contributed by atoms with Crippen LogP contribution in [0.1, 0.15) is 72.0 Å². The lowest BCUT2D eigenvalue weighted by atomic mass is 9.96. The molecule has 1 aliphatic heterocycles. The molecular formula is C22H40N6O3. The molecule has 1 saturated heterocycles. The highest BCUT2D eigenvalue weighted by Crippen LogP contribution is 2.20. The highest BCUT2D eigenvalue weighted by atomic mass is 16.6. The van der Waals surface area contributed by atoms with Crippen molar-refractivity contribution in [1.82, 2.24) is 25.3 Å². The number of amides is 1. The summed E-state index contributed by atoms with van der Waals surface area (Å²) in [6.45, 7) is 15.7. The predicted octanol–water partition coefficient (Wildman–Crippen LogP) is 3.28. The second kappa shape index (κ2) is 11.3. The van der Waals surface area contributed by atoms with E-state index in [1.807, 2.05) is 46.4 Å². The van der Waals surface area contributed by atoms with Crippen molar-refractivity contribution in [3.05, 3.63) is 11.7 Å². The molecule has 0 spiro atoms.